The van der Waals surface area contributed by atoms with Crippen LogP contribution < -0.4 is 0 Å². The number of halogens is 3. The van der Waals surface area contributed by atoms with E-state index in [2.05, 4.69) is 0 Å². The first kappa shape index (κ1) is 18.7. The molecule has 4 nitrogen and oxygen atoms in total. The van der Waals surface area contributed by atoms with Gasteiger partial charge in [0, 0.05) is 19.1 Å². The van der Waals surface area contributed by atoms with Crippen LogP contribution in [0.4, 0.5) is 13.2 Å². The molecule has 26 heavy (non-hydrogen) atoms. The molecule has 1 saturated carbocycles. The van der Waals surface area contributed by atoms with Crippen molar-refractivity contribution in [3.05, 3.63) is 35.4 Å². The van der Waals surface area contributed by atoms with Gasteiger partial charge in [-0.25, -0.2) is 0 Å². The Morgan fingerprint density at radius 1 is 1.04 bits per heavy atom. The molecule has 7 heteroatoms. The number of nitrogens with zero attached hydrogens (tertiary/aromatic N) is 2. The molecule has 1 heterocycles. The topological polar surface area (TPSA) is 40.6 Å². The molecule has 1 aliphatic carbocycles. The van der Waals surface area contributed by atoms with Crippen molar-refractivity contribution < 1.29 is 22.8 Å². The van der Waals surface area contributed by atoms with E-state index in [4.69, 9.17) is 0 Å². The number of hydrogen-bond donors (Lipinski definition) is 0. The van der Waals surface area contributed by atoms with Gasteiger partial charge in [0.25, 0.3) is 0 Å². The third kappa shape index (κ3) is 4.37. The molecule has 0 aromatic heterocycles. The zero-order valence-electron chi connectivity index (χ0n) is 14.6. The fourth-order valence-electron chi connectivity index (χ4n) is 3.78. The molecular formula is C19H23F3N2O2. The van der Waals surface area contributed by atoms with Crippen LogP contribution in [-0.2, 0) is 22.2 Å². The first-order chi connectivity index (χ1) is 12.3. The molecular weight excluding hydrogens is 345 g/mol. The number of piperazine rings is 1. The van der Waals surface area contributed by atoms with Gasteiger partial charge in [-0.3, -0.25) is 9.59 Å². The van der Waals surface area contributed by atoms with E-state index in [0.29, 0.717) is 24.7 Å². The molecule has 0 radical (unpaired) electrons. The van der Waals surface area contributed by atoms with Crippen LogP contribution in [0.15, 0.2) is 24.3 Å². The Kier molecular flexibility index (Phi) is 5.53. The molecule has 0 unspecified atom stereocenters. The number of carbonyl (C=O) groups is 2. The highest BCUT2D eigenvalue weighted by molar-refractivity contribution is 5.87. The summed E-state index contributed by atoms with van der Waals surface area (Å²) in [4.78, 5) is 28.3. The Labute approximate surface area is 151 Å². The van der Waals surface area contributed by atoms with E-state index in [0.717, 1.165) is 37.8 Å². The van der Waals surface area contributed by atoms with Crippen LogP contribution in [0.3, 0.4) is 0 Å². The fraction of sp³-hybridized carbons (Fsp3) is 0.579. The average molecular weight is 368 g/mol. The summed E-state index contributed by atoms with van der Waals surface area (Å²) >= 11 is 0. The van der Waals surface area contributed by atoms with Crippen molar-refractivity contribution in [2.24, 2.45) is 0 Å². The van der Waals surface area contributed by atoms with Crippen LogP contribution in [0.1, 0.15) is 43.2 Å². The summed E-state index contributed by atoms with van der Waals surface area (Å²) in [5.41, 5.74) is -0.213. The first-order valence-corrected chi connectivity index (χ1v) is 9.08. The smallest absolute Gasteiger partial charge is 0.336 e. The van der Waals surface area contributed by atoms with Crippen molar-refractivity contribution in [3.63, 3.8) is 0 Å². The normalized spacial score (nSPS) is 19.7. The van der Waals surface area contributed by atoms with Gasteiger partial charge in [0.2, 0.25) is 11.8 Å². The van der Waals surface area contributed by atoms with Crippen LogP contribution in [0.5, 0.6) is 0 Å². The van der Waals surface area contributed by atoms with Gasteiger partial charge in [0.1, 0.15) is 0 Å². The zero-order chi connectivity index (χ0) is 18.7. The third-order valence-corrected chi connectivity index (χ3v) is 5.26. The van der Waals surface area contributed by atoms with E-state index in [1.54, 1.807) is 0 Å². The van der Waals surface area contributed by atoms with Gasteiger partial charge < -0.3 is 9.80 Å². The Balaban J connectivity index is 1.55. The number of alkyl halides is 3. The quantitative estimate of drug-likeness (QED) is 0.822. The van der Waals surface area contributed by atoms with Crippen LogP contribution in [0.25, 0.3) is 0 Å². The summed E-state index contributed by atoms with van der Waals surface area (Å²) in [5.74, 6) is -0.245. The second-order valence-corrected chi connectivity index (χ2v) is 7.07. The molecule has 1 saturated heterocycles. The number of carbonyl (C=O) groups excluding carboxylic acids is 2. The summed E-state index contributed by atoms with van der Waals surface area (Å²) in [6.45, 7) is 1.10. The molecule has 2 fully saturated rings. The molecule has 0 bridgehead atoms. The minimum absolute atomic E-state index is 0.00878. The number of amides is 2. The van der Waals surface area contributed by atoms with Crippen LogP contribution >= 0.6 is 0 Å². The van der Waals surface area contributed by atoms with Gasteiger partial charge in [0.05, 0.1) is 18.5 Å². The van der Waals surface area contributed by atoms with Gasteiger partial charge >= 0.3 is 6.18 Å². The molecule has 1 aromatic rings. The molecule has 0 N–H and O–H groups in total. The monoisotopic (exact) mass is 368 g/mol. The highest BCUT2D eigenvalue weighted by atomic mass is 19.4. The first-order valence-electron chi connectivity index (χ1n) is 9.08. The van der Waals surface area contributed by atoms with Gasteiger partial charge in [-0.05, 0) is 30.5 Å². The van der Waals surface area contributed by atoms with Crippen molar-refractivity contribution in [2.45, 2.75) is 50.7 Å². The molecule has 3 rings (SSSR count). The highest BCUT2D eigenvalue weighted by Gasteiger charge is 2.32. The summed E-state index contributed by atoms with van der Waals surface area (Å²) in [7, 11) is 0. The molecule has 2 amide bonds. The lowest BCUT2D eigenvalue weighted by molar-refractivity contribution is -0.147. The summed E-state index contributed by atoms with van der Waals surface area (Å²) in [6.07, 6.45) is 1.20. The SMILES string of the molecule is O=C(Cc1ccc(C(F)(F)F)cc1)N1CCN(C2CCCCC2)C(=O)C1. The predicted molar refractivity (Wildman–Crippen MR) is 90.3 cm³/mol. The van der Waals surface area contributed by atoms with Crippen LogP contribution in [0.2, 0.25) is 0 Å². The largest absolute Gasteiger partial charge is 0.416 e. The van der Waals surface area contributed by atoms with Gasteiger partial charge in [-0.1, -0.05) is 31.4 Å². The predicted octanol–water partition coefficient (Wildman–Crippen LogP) is 3.25. The van der Waals surface area contributed by atoms with Gasteiger partial charge in [-0.15, -0.1) is 0 Å². The standard InChI is InChI=1S/C19H23F3N2O2/c20-19(21,22)15-8-6-14(7-9-15)12-17(25)23-10-11-24(18(26)13-23)16-4-2-1-3-5-16/h6-9,16H,1-5,10-13H2. The van der Waals surface area contributed by atoms with Crippen molar-refractivity contribution in [2.75, 3.05) is 19.6 Å². The number of hydrogen-bond acceptors (Lipinski definition) is 2. The number of benzene rings is 1. The highest BCUT2D eigenvalue weighted by Crippen LogP contribution is 2.29. The average Bonchev–Trinajstić information content (AvgIpc) is 2.62. The lowest BCUT2D eigenvalue weighted by atomic mass is 9.93. The van der Waals surface area contributed by atoms with E-state index in [9.17, 15) is 22.8 Å². The van der Waals surface area contributed by atoms with Gasteiger partial charge in [0.15, 0.2) is 0 Å². The van der Waals surface area contributed by atoms with E-state index in [1.165, 1.54) is 23.5 Å². The van der Waals surface area contributed by atoms with E-state index in [-0.39, 0.29) is 24.8 Å². The van der Waals surface area contributed by atoms with Crippen LogP contribution in [0, 0.1) is 0 Å². The van der Waals surface area contributed by atoms with Crippen molar-refractivity contribution >= 4 is 11.8 Å². The molecule has 1 aromatic carbocycles. The van der Waals surface area contributed by atoms with E-state index >= 15 is 0 Å². The molecule has 2 aliphatic rings. The maximum absolute atomic E-state index is 12.6. The third-order valence-electron chi connectivity index (χ3n) is 5.26. The fourth-order valence-corrected chi connectivity index (χ4v) is 3.78. The lowest BCUT2D eigenvalue weighted by Crippen LogP contribution is -2.56. The van der Waals surface area contributed by atoms with Crippen LogP contribution in [-0.4, -0.2) is 47.3 Å². The van der Waals surface area contributed by atoms with Crippen molar-refractivity contribution in [1.82, 2.24) is 9.80 Å². The summed E-state index contributed by atoms with van der Waals surface area (Å²) < 4.78 is 37.8. The van der Waals surface area contributed by atoms with E-state index in [1.807, 2.05) is 4.90 Å². The Bertz CT molecular complexity index is 652. The summed E-state index contributed by atoms with van der Waals surface area (Å²) in [6, 6.07) is 4.90. The maximum Gasteiger partial charge on any atom is 0.416 e. The molecule has 142 valence electrons. The Morgan fingerprint density at radius 2 is 1.69 bits per heavy atom. The second kappa shape index (κ2) is 7.68. The Morgan fingerprint density at radius 3 is 2.27 bits per heavy atom. The lowest BCUT2D eigenvalue weighted by Gasteiger charge is -2.40. The van der Waals surface area contributed by atoms with E-state index < -0.39 is 11.7 Å². The molecule has 0 atom stereocenters. The van der Waals surface area contributed by atoms with Crippen molar-refractivity contribution in [3.8, 4) is 0 Å². The molecule has 1 aliphatic heterocycles. The maximum atomic E-state index is 12.6. The Hall–Kier alpha value is -2.05. The number of rotatable bonds is 3. The summed E-state index contributed by atoms with van der Waals surface area (Å²) in [5, 5.41) is 0. The minimum Gasteiger partial charge on any atom is -0.336 e. The van der Waals surface area contributed by atoms with Gasteiger partial charge in [-0.2, -0.15) is 13.2 Å². The molecule has 0 spiro atoms. The zero-order valence-corrected chi connectivity index (χ0v) is 14.6. The van der Waals surface area contributed by atoms with Crippen molar-refractivity contribution in [1.29, 1.82) is 0 Å². The minimum atomic E-state index is -4.38. The second-order valence-electron chi connectivity index (χ2n) is 7.07.